The van der Waals surface area contributed by atoms with Gasteiger partial charge in [-0.1, -0.05) is 49.6 Å². The lowest BCUT2D eigenvalue weighted by Crippen LogP contribution is -2.03. The molecule has 16 heavy (non-hydrogen) atoms. The molecular weight excluding hydrogens is 222 g/mol. The molecule has 1 aromatic carbocycles. The van der Waals surface area contributed by atoms with Crippen LogP contribution in [0.2, 0.25) is 0 Å². The molecule has 0 unspecified atom stereocenters. The summed E-state index contributed by atoms with van der Waals surface area (Å²) in [4.78, 5) is 0. The van der Waals surface area contributed by atoms with Crippen LogP contribution < -0.4 is 0 Å². The molecular formula is C12H17NO2S. The summed E-state index contributed by atoms with van der Waals surface area (Å²) in [7, 11) is -2.61. The highest BCUT2D eigenvalue weighted by Gasteiger charge is 2.14. The SMILES string of the molecule is N=S(=O)=O.c1ccc(C2CCCCC2)cc1. The number of nitrogens with one attached hydrogen (secondary N) is 1. The van der Waals surface area contributed by atoms with Crippen molar-refractivity contribution < 1.29 is 8.42 Å². The lowest BCUT2D eigenvalue weighted by Gasteiger charge is -2.21. The summed E-state index contributed by atoms with van der Waals surface area (Å²) >= 11 is 0. The number of hydrogen-bond acceptors (Lipinski definition) is 3. The molecule has 1 N–H and O–H groups in total. The smallest absolute Gasteiger partial charge is 0.188 e. The number of rotatable bonds is 1. The van der Waals surface area contributed by atoms with E-state index in [1.54, 1.807) is 5.56 Å². The van der Waals surface area contributed by atoms with Crippen molar-refractivity contribution in [2.75, 3.05) is 0 Å². The minimum absolute atomic E-state index is 0.861. The molecule has 2 rings (SSSR count). The van der Waals surface area contributed by atoms with Crippen LogP contribution in [0.15, 0.2) is 30.3 Å². The molecule has 0 bridgehead atoms. The van der Waals surface area contributed by atoms with E-state index in [4.69, 9.17) is 13.2 Å². The summed E-state index contributed by atoms with van der Waals surface area (Å²) < 4.78 is 22.8. The zero-order chi connectivity index (χ0) is 11.8. The second kappa shape index (κ2) is 7.17. The summed E-state index contributed by atoms with van der Waals surface area (Å²) in [5.41, 5.74) is 1.55. The summed E-state index contributed by atoms with van der Waals surface area (Å²) in [6, 6.07) is 11.0. The van der Waals surface area contributed by atoms with Crippen molar-refractivity contribution in [3.8, 4) is 0 Å². The molecule has 0 aliphatic heterocycles. The summed E-state index contributed by atoms with van der Waals surface area (Å²) in [5, 5.41) is 0. The molecule has 1 fully saturated rings. The van der Waals surface area contributed by atoms with Crippen LogP contribution >= 0.6 is 0 Å². The first-order valence-electron chi connectivity index (χ1n) is 5.55. The van der Waals surface area contributed by atoms with Gasteiger partial charge in [-0.05, 0) is 24.3 Å². The standard InChI is InChI=1S/C12H16.HNO2S/c1-3-7-11(8-4-1)12-9-5-2-6-10-12;1-4(2)3/h1,3-4,7-8,12H,2,5-6,9-10H2;1H. The van der Waals surface area contributed by atoms with Gasteiger partial charge in [0.05, 0.1) is 0 Å². The highest BCUT2D eigenvalue weighted by Crippen LogP contribution is 2.31. The molecule has 0 heterocycles. The predicted molar refractivity (Wildman–Crippen MR) is 63.9 cm³/mol. The Balaban J connectivity index is 0.000000280. The van der Waals surface area contributed by atoms with Gasteiger partial charge in [0.25, 0.3) is 0 Å². The fraction of sp³-hybridized carbons (Fsp3) is 0.500. The summed E-state index contributed by atoms with van der Waals surface area (Å²) in [5.74, 6) is 0.861. The molecule has 0 amide bonds. The Kier molecular flexibility index (Phi) is 5.78. The second-order valence-electron chi connectivity index (χ2n) is 3.98. The predicted octanol–water partition coefficient (Wildman–Crippen LogP) is 3.36. The van der Waals surface area contributed by atoms with Crippen LogP contribution in [0.1, 0.15) is 43.6 Å². The van der Waals surface area contributed by atoms with Gasteiger partial charge >= 0.3 is 10.5 Å². The van der Waals surface area contributed by atoms with E-state index in [-0.39, 0.29) is 0 Å². The van der Waals surface area contributed by atoms with Crippen molar-refractivity contribution in [2.45, 2.75) is 38.0 Å². The normalized spacial score (nSPS) is 16.0. The number of benzene rings is 1. The first-order chi connectivity index (χ1) is 7.70. The Bertz CT molecular complexity index is 386. The lowest BCUT2D eigenvalue weighted by atomic mass is 9.84. The second-order valence-corrected chi connectivity index (χ2v) is 4.45. The van der Waals surface area contributed by atoms with Gasteiger partial charge in [-0.25, -0.2) is 0 Å². The first kappa shape index (κ1) is 12.9. The third kappa shape index (κ3) is 5.07. The minimum atomic E-state index is -2.61. The van der Waals surface area contributed by atoms with Crippen molar-refractivity contribution in [3.05, 3.63) is 35.9 Å². The van der Waals surface area contributed by atoms with Gasteiger partial charge in [-0.2, -0.15) is 13.2 Å². The largest absolute Gasteiger partial charge is 0.308 e. The number of hydrogen-bond donors (Lipinski definition) is 1. The van der Waals surface area contributed by atoms with Gasteiger partial charge in [-0.15, -0.1) is 0 Å². The molecule has 0 aromatic heterocycles. The molecule has 0 spiro atoms. The van der Waals surface area contributed by atoms with E-state index in [0.717, 1.165) is 5.92 Å². The van der Waals surface area contributed by atoms with Gasteiger partial charge in [0.2, 0.25) is 0 Å². The van der Waals surface area contributed by atoms with E-state index in [0.29, 0.717) is 0 Å². The van der Waals surface area contributed by atoms with E-state index in [1.807, 2.05) is 0 Å². The third-order valence-corrected chi connectivity index (χ3v) is 2.88. The Morgan fingerprint density at radius 1 is 1.00 bits per heavy atom. The zero-order valence-electron chi connectivity index (χ0n) is 9.22. The maximum atomic E-state index is 8.67. The average molecular weight is 239 g/mol. The Morgan fingerprint density at radius 2 is 1.50 bits per heavy atom. The Labute approximate surface area is 98.0 Å². The van der Waals surface area contributed by atoms with Gasteiger partial charge in [0.1, 0.15) is 0 Å². The molecule has 0 saturated heterocycles. The third-order valence-electron chi connectivity index (χ3n) is 2.88. The van der Waals surface area contributed by atoms with Crippen molar-refractivity contribution in [3.63, 3.8) is 0 Å². The minimum Gasteiger partial charge on any atom is -0.188 e. The monoisotopic (exact) mass is 239 g/mol. The first-order valence-corrected chi connectivity index (χ1v) is 6.63. The molecule has 0 atom stereocenters. The van der Waals surface area contributed by atoms with E-state index in [9.17, 15) is 0 Å². The Morgan fingerprint density at radius 3 is 2.00 bits per heavy atom. The lowest BCUT2D eigenvalue weighted by molar-refractivity contribution is 0.443. The van der Waals surface area contributed by atoms with Crippen LogP contribution in [0.3, 0.4) is 0 Å². The van der Waals surface area contributed by atoms with Crippen molar-refractivity contribution in [2.24, 2.45) is 0 Å². The highest BCUT2D eigenvalue weighted by molar-refractivity contribution is 7.60. The van der Waals surface area contributed by atoms with Crippen LogP contribution in [0.4, 0.5) is 0 Å². The van der Waals surface area contributed by atoms with Gasteiger partial charge in [0, 0.05) is 0 Å². The fourth-order valence-corrected chi connectivity index (χ4v) is 2.16. The highest BCUT2D eigenvalue weighted by atomic mass is 32.2. The average Bonchev–Trinajstić information content (AvgIpc) is 2.31. The van der Waals surface area contributed by atoms with Crippen LogP contribution in [0.25, 0.3) is 0 Å². The van der Waals surface area contributed by atoms with E-state index >= 15 is 0 Å². The zero-order valence-corrected chi connectivity index (χ0v) is 10.0. The van der Waals surface area contributed by atoms with Crippen molar-refractivity contribution in [1.29, 1.82) is 4.78 Å². The van der Waals surface area contributed by atoms with Crippen LogP contribution in [0.5, 0.6) is 0 Å². The van der Waals surface area contributed by atoms with Gasteiger partial charge < -0.3 is 0 Å². The molecule has 88 valence electrons. The van der Waals surface area contributed by atoms with Crippen molar-refractivity contribution in [1.82, 2.24) is 0 Å². The van der Waals surface area contributed by atoms with Crippen molar-refractivity contribution >= 4 is 10.5 Å². The summed E-state index contributed by atoms with van der Waals surface area (Å²) in [6.07, 6.45) is 7.12. The maximum Gasteiger partial charge on any atom is 0.308 e. The van der Waals surface area contributed by atoms with E-state index in [2.05, 4.69) is 30.3 Å². The fourth-order valence-electron chi connectivity index (χ4n) is 2.16. The molecule has 1 aromatic rings. The van der Waals surface area contributed by atoms with Gasteiger partial charge in [0.15, 0.2) is 0 Å². The molecule has 1 aliphatic carbocycles. The van der Waals surface area contributed by atoms with Crippen LogP contribution in [0, 0.1) is 4.78 Å². The van der Waals surface area contributed by atoms with Crippen LogP contribution in [-0.4, -0.2) is 8.42 Å². The van der Waals surface area contributed by atoms with E-state index < -0.39 is 10.5 Å². The van der Waals surface area contributed by atoms with E-state index in [1.165, 1.54) is 32.1 Å². The summed E-state index contributed by atoms with van der Waals surface area (Å²) in [6.45, 7) is 0. The molecule has 4 heteroatoms. The Hall–Kier alpha value is -1.16. The quantitative estimate of drug-likeness (QED) is 0.816. The molecule has 1 saturated carbocycles. The molecule has 3 nitrogen and oxygen atoms in total. The topological polar surface area (TPSA) is 58.0 Å². The maximum absolute atomic E-state index is 8.67. The molecule has 1 aliphatic rings. The van der Waals surface area contributed by atoms with Gasteiger partial charge in [-0.3, -0.25) is 0 Å². The molecule has 0 radical (unpaired) electrons. The van der Waals surface area contributed by atoms with Crippen LogP contribution in [-0.2, 0) is 10.5 Å².